The molecule has 0 aliphatic rings. The minimum Gasteiger partial charge on any atom is -0.390 e. The average Bonchev–Trinajstić information content (AvgIpc) is 2.59. The van der Waals surface area contributed by atoms with E-state index in [0.717, 1.165) is 17.7 Å². The van der Waals surface area contributed by atoms with Crippen molar-refractivity contribution in [1.29, 1.82) is 0 Å². The Morgan fingerprint density at radius 1 is 1.56 bits per heavy atom. The lowest BCUT2D eigenvalue weighted by molar-refractivity contribution is -0.0477. The summed E-state index contributed by atoms with van der Waals surface area (Å²) >= 11 is 0. The van der Waals surface area contributed by atoms with Gasteiger partial charge >= 0.3 is 0 Å². The van der Waals surface area contributed by atoms with Gasteiger partial charge in [-0.1, -0.05) is 6.92 Å². The predicted octanol–water partition coefficient (Wildman–Crippen LogP) is 0.700. The molecule has 16 heavy (non-hydrogen) atoms. The van der Waals surface area contributed by atoms with Crippen LogP contribution in [0.2, 0.25) is 0 Å². The van der Waals surface area contributed by atoms with Crippen LogP contribution in [0.4, 0.5) is 8.78 Å². The van der Waals surface area contributed by atoms with Gasteiger partial charge in [-0.3, -0.25) is 4.68 Å². The van der Waals surface area contributed by atoms with Gasteiger partial charge in [-0.2, -0.15) is 5.10 Å². The lowest BCUT2D eigenvalue weighted by atomic mass is 10.2. The molecule has 4 nitrogen and oxygen atoms in total. The number of aliphatic hydroxyl groups is 1. The van der Waals surface area contributed by atoms with Crippen LogP contribution < -0.4 is 5.32 Å². The van der Waals surface area contributed by atoms with Gasteiger partial charge in [0.1, 0.15) is 6.61 Å². The van der Waals surface area contributed by atoms with Gasteiger partial charge < -0.3 is 10.4 Å². The first-order valence-electron chi connectivity index (χ1n) is 5.19. The first kappa shape index (κ1) is 13.1. The Balaban J connectivity index is 2.48. The highest BCUT2D eigenvalue weighted by molar-refractivity contribution is 5.16. The van der Waals surface area contributed by atoms with E-state index in [0.29, 0.717) is 6.54 Å². The molecule has 1 heterocycles. The molecule has 0 unspecified atom stereocenters. The molecule has 0 aliphatic heterocycles. The first-order valence-corrected chi connectivity index (χ1v) is 5.19. The van der Waals surface area contributed by atoms with Crippen molar-refractivity contribution in [2.75, 3.05) is 13.2 Å². The van der Waals surface area contributed by atoms with Crippen molar-refractivity contribution in [3.8, 4) is 0 Å². The van der Waals surface area contributed by atoms with E-state index in [1.807, 2.05) is 13.1 Å². The Hall–Kier alpha value is -1.01. The van der Waals surface area contributed by atoms with Crippen molar-refractivity contribution in [3.05, 3.63) is 17.5 Å². The number of nitrogens with zero attached hydrogens (tertiary/aromatic N) is 2. The van der Waals surface area contributed by atoms with Crippen LogP contribution in [-0.4, -0.2) is 34.0 Å². The van der Waals surface area contributed by atoms with Crippen molar-refractivity contribution < 1.29 is 13.9 Å². The van der Waals surface area contributed by atoms with Gasteiger partial charge in [0, 0.05) is 25.4 Å². The summed E-state index contributed by atoms with van der Waals surface area (Å²) in [6.45, 7) is 0.649. The number of nitrogens with one attached hydrogen (secondary N) is 1. The molecule has 2 N–H and O–H groups in total. The second-order valence-corrected chi connectivity index (χ2v) is 3.75. The number of hydrogen-bond acceptors (Lipinski definition) is 3. The third-order valence-corrected chi connectivity index (χ3v) is 2.26. The monoisotopic (exact) mass is 233 g/mol. The zero-order chi connectivity index (χ0) is 12.2. The molecule has 6 heteroatoms. The van der Waals surface area contributed by atoms with Crippen LogP contribution in [0.3, 0.4) is 0 Å². The second kappa shape index (κ2) is 5.36. The number of hydrogen-bond donors (Lipinski definition) is 2. The quantitative estimate of drug-likeness (QED) is 0.760. The summed E-state index contributed by atoms with van der Waals surface area (Å²) in [6.07, 6.45) is 2.58. The van der Waals surface area contributed by atoms with Gasteiger partial charge in [-0.05, 0) is 6.42 Å². The average molecular weight is 233 g/mol. The molecule has 0 aromatic carbocycles. The van der Waals surface area contributed by atoms with Crippen LogP contribution in [0.1, 0.15) is 18.2 Å². The highest BCUT2D eigenvalue weighted by Gasteiger charge is 2.26. The van der Waals surface area contributed by atoms with Crippen LogP contribution >= 0.6 is 0 Å². The summed E-state index contributed by atoms with van der Waals surface area (Å²) in [4.78, 5) is 0. The van der Waals surface area contributed by atoms with Gasteiger partial charge in [0.2, 0.25) is 0 Å². The van der Waals surface area contributed by atoms with E-state index >= 15 is 0 Å². The number of aliphatic hydroxyl groups excluding tert-OH is 1. The fraction of sp³-hybridized carbons (Fsp3) is 0.700. The van der Waals surface area contributed by atoms with Crippen LogP contribution in [0.5, 0.6) is 0 Å². The van der Waals surface area contributed by atoms with Crippen molar-refractivity contribution >= 4 is 0 Å². The topological polar surface area (TPSA) is 50.1 Å². The van der Waals surface area contributed by atoms with E-state index in [1.165, 1.54) is 0 Å². The van der Waals surface area contributed by atoms with Crippen molar-refractivity contribution in [3.63, 3.8) is 0 Å². The molecule has 92 valence electrons. The van der Waals surface area contributed by atoms with E-state index in [1.54, 1.807) is 11.7 Å². The molecule has 0 aliphatic carbocycles. The Labute approximate surface area is 93.3 Å². The van der Waals surface area contributed by atoms with Gasteiger partial charge in [0.25, 0.3) is 5.92 Å². The molecule has 0 spiro atoms. The number of rotatable bonds is 6. The maximum atomic E-state index is 12.7. The molecule has 0 atom stereocenters. The summed E-state index contributed by atoms with van der Waals surface area (Å²) in [7, 11) is 1.80. The lowest BCUT2D eigenvalue weighted by Crippen LogP contribution is -2.35. The summed E-state index contributed by atoms with van der Waals surface area (Å²) < 4.78 is 27.1. The zero-order valence-corrected chi connectivity index (χ0v) is 9.50. The van der Waals surface area contributed by atoms with E-state index in [4.69, 9.17) is 5.11 Å². The lowest BCUT2D eigenvalue weighted by Gasteiger charge is -2.13. The van der Waals surface area contributed by atoms with Crippen LogP contribution in [-0.2, 0) is 20.0 Å². The number of aromatic nitrogens is 2. The molecule has 0 amide bonds. The van der Waals surface area contributed by atoms with E-state index in [9.17, 15) is 8.78 Å². The molecule has 1 rings (SSSR count). The van der Waals surface area contributed by atoms with Gasteiger partial charge in [0.05, 0.1) is 12.2 Å². The van der Waals surface area contributed by atoms with E-state index in [-0.39, 0.29) is 0 Å². The molecular formula is C10H17F2N3O. The van der Waals surface area contributed by atoms with Crippen LogP contribution in [0.25, 0.3) is 0 Å². The minimum atomic E-state index is -3.06. The second-order valence-electron chi connectivity index (χ2n) is 3.75. The third-order valence-electron chi connectivity index (χ3n) is 2.26. The fourth-order valence-corrected chi connectivity index (χ4v) is 1.46. The Bertz CT molecular complexity index is 339. The maximum Gasteiger partial charge on any atom is 0.282 e. The summed E-state index contributed by atoms with van der Waals surface area (Å²) in [5.74, 6) is -3.06. The molecule has 0 saturated carbocycles. The maximum absolute atomic E-state index is 12.7. The van der Waals surface area contributed by atoms with Crippen molar-refractivity contribution in [2.24, 2.45) is 7.05 Å². The SMILES string of the molecule is CCc1nn(C)cc1CNCC(F)(F)CO. The third kappa shape index (κ3) is 3.53. The molecule has 0 saturated heterocycles. The Morgan fingerprint density at radius 3 is 2.81 bits per heavy atom. The molecule has 1 aromatic heterocycles. The summed E-state index contributed by atoms with van der Waals surface area (Å²) in [6, 6.07) is 0. The largest absolute Gasteiger partial charge is 0.390 e. The number of alkyl halides is 2. The Morgan fingerprint density at radius 2 is 2.25 bits per heavy atom. The molecule has 0 fully saturated rings. The normalized spacial score (nSPS) is 12.1. The Kier molecular flexibility index (Phi) is 4.37. The standard InChI is InChI=1S/C10H17F2N3O/c1-3-9-8(5-15(2)14-9)4-13-6-10(11,12)7-16/h5,13,16H,3-4,6-7H2,1-2H3. The fourth-order valence-electron chi connectivity index (χ4n) is 1.46. The van der Waals surface area contributed by atoms with E-state index in [2.05, 4.69) is 10.4 Å². The minimum absolute atomic E-state index is 0.340. The van der Waals surface area contributed by atoms with Crippen molar-refractivity contribution in [2.45, 2.75) is 25.8 Å². The molecule has 0 bridgehead atoms. The smallest absolute Gasteiger partial charge is 0.282 e. The molecule has 0 radical (unpaired) electrons. The van der Waals surface area contributed by atoms with E-state index < -0.39 is 19.1 Å². The highest BCUT2D eigenvalue weighted by atomic mass is 19.3. The van der Waals surface area contributed by atoms with Crippen LogP contribution in [0.15, 0.2) is 6.20 Å². The first-order chi connectivity index (χ1) is 7.48. The highest BCUT2D eigenvalue weighted by Crippen LogP contribution is 2.11. The van der Waals surface area contributed by atoms with Gasteiger partial charge in [0.15, 0.2) is 0 Å². The van der Waals surface area contributed by atoms with Crippen LogP contribution in [0, 0.1) is 0 Å². The number of halogens is 2. The molecule has 1 aromatic rings. The zero-order valence-electron chi connectivity index (χ0n) is 9.50. The summed E-state index contributed by atoms with van der Waals surface area (Å²) in [5, 5.41) is 15.2. The number of aryl methyl sites for hydroxylation is 2. The summed E-state index contributed by atoms with van der Waals surface area (Å²) in [5.41, 5.74) is 1.82. The molecular weight excluding hydrogens is 216 g/mol. The van der Waals surface area contributed by atoms with Gasteiger partial charge in [-0.15, -0.1) is 0 Å². The predicted molar refractivity (Wildman–Crippen MR) is 56.3 cm³/mol. The van der Waals surface area contributed by atoms with Crippen molar-refractivity contribution in [1.82, 2.24) is 15.1 Å². The van der Waals surface area contributed by atoms with Gasteiger partial charge in [-0.25, -0.2) is 8.78 Å².